The van der Waals surface area contributed by atoms with E-state index in [1.807, 2.05) is 0 Å². The van der Waals surface area contributed by atoms with Crippen LogP contribution in [0.3, 0.4) is 0 Å². The predicted octanol–water partition coefficient (Wildman–Crippen LogP) is 2.15. The molecule has 0 heterocycles. The SMILES string of the molecule is CC(C)C(=O)OCCOC(=O)CC1(CC(=O)O)CCCC1. The Balaban J connectivity index is 2.31. The summed E-state index contributed by atoms with van der Waals surface area (Å²) in [6.07, 6.45) is 3.52. The average molecular weight is 300 g/mol. The van der Waals surface area contributed by atoms with Crippen LogP contribution in [0.1, 0.15) is 52.4 Å². The minimum Gasteiger partial charge on any atom is -0.481 e. The van der Waals surface area contributed by atoms with Gasteiger partial charge in [0.05, 0.1) is 18.8 Å². The molecule has 0 aliphatic heterocycles. The summed E-state index contributed by atoms with van der Waals surface area (Å²) in [5.41, 5.74) is -0.461. The summed E-state index contributed by atoms with van der Waals surface area (Å²) in [6, 6.07) is 0. The van der Waals surface area contributed by atoms with Gasteiger partial charge >= 0.3 is 17.9 Å². The third kappa shape index (κ3) is 6.14. The summed E-state index contributed by atoms with van der Waals surface area (Å²) in [5.74, 6) is -1.84. The molecule has 0 saturated heterocycles. The number of aliphatic carboxylic acids is 1. The molecule has 0 spiro atoms. The van der Waals surface area contributed by atoms with Crippen molar-refractivity contribution >= 4 is 17.9 Å². The molecule has 1 saturated carbocycles. The first-order chi connectivity index (χ1) is 9.84. The van der Waals surface area contributed by atoms with Gasteiger partial charge in [-0.3, -0.25) is 14.4 Å². The molecule has 1 rings (SSSR count). The van der Waals surface area contributed by atoms with Gasteiger partial charge in [-0.25, -0.2) is 0 Å². The average Bonchev–Trinajstić information content (AvgIpc) is 2.81. The van der Waals surface area contributed by atoms with E-state index in [1.165, 1.54) is 0 Å². The van der Waals surface area contributed by atoms with Gasteiger partial charge in [0.15, 0.2) is 0 Å². The Hall–Kier alpha value is -1.59. The molecule has 6 heteroatoms. The second-order valence-corrected chi connectivity index (χ2v) is 6.00. The molecule has 0 amide bonds. The first-order valence-electron chi connectivity index (χ1n) is 7.39. The zero-order valence-electron chi connectivity index (χ0n) is 12.7. The lowest BCUT2D eigenvalue weighted by molar-refractivity contribution is -0.156. The molecule has 1 N–H and O–H groups in total. The van der Waals surface area contributed by atoms with Gasteiger partial charge in [0, 0.05) is 0 Å². The zero-order valence-corrected chi connectivity index (χ0v) is 12.7. The highest BCUT2D eigenvalue weighted by molar-refractivity contribution is 5.73. The van der Waals surface area contributed by atoms with Gasteiger partial charge in [-0.05, 0) is 18.3 Å². The first kappa shape index (κ1) is 17.5. The summed E-state index contributed by atoms with van der Waals surface area (Å²) < 4.78 is 9.93. The van der Waals surface area contributed by atoms with Gasteiger partial charge in [-0.15, -0.1) is 0 Å². The van der Waals surface area contributed by atoms with Crippen LogP contribution in [-0.2, 0) is 23.9 Å². The fraction of sp³-hybridized carbons (Fsp3) is 0.800. The highest BCUT2D eigenvalue weighted by Gasteiger charge is 2.38. The van der Waals surface area contributed by atoms with Crippen molar-refractivity contribution in [2.24, 2.45) is 11.3 Å². The second kappa shape index (κ2) is 8.00. The number of carboxylic acids is 1. The Morgan fingerprint density at radius 2 is 1.62 bits per heavy atom. The number of carbonyl (C=O) groups is 3. The van der Waals surface area contributed by atoms with E-state index in [4.69, 9.17) is 14.6 Å². The van der Waals surface area contributed by atoms with Crippen molar-refractivity contribution in [1.82, 2.24) is 0 Å². The van der Waals surface area contributed by atoms with Crippen LogP contribution in [0.2, 0.25) is 0 Å². The number of carboxylic acid groups (broad SMARTS) is 1. The molecule has 0 radical (unpaired) electrons. The number of rotatable bonds is 8. The fourth-order valence-electron chi connectivity index (χ4n) is 2.68. The minimum absolute atomic E-state index is 0.00440. The fourth-order valence-corrected chi connectivity index (χ4v) is 2.68. The highest BCUT2D eigenvalue weighted by Crippen LogP contribution is 2.44. The van der Waals surface area contributed by atoms with Gasteiger partial charge in [0.2, 0.25) is 0 Å². The standard InChI is InChI=1S/C15H24O6/c1-11(2)14(19)21-8-7-20-13(18)10-15(9-12(16)17)5-3-4-6-15/h11H,3-10H2,1-2H3,(H,16,17). The van der Waals surface area contributed by atoms with Crippen molar-refractivity contribution < 1.29 is 29.0 Å². The van der Waals surface area contributed by atoms with E-state index in [1.54, 1.807) is 13.8 Å². The topological polar surface area (TPSA) is 89.9 Å². The van der Waals surface area contributed by atoms with Crippen LogP contribution in [0.15, 0.2) is 0 Å². The molecule has 0 aromatic rings. The largest absolute Gasteiger partial charge is 0.481 e. The van der Waals surface area contributed by atoms with Crippen molar-refractivity contribution in [2.75, 3.05) is 13.2 Å². The smallest absolute Gasteiger partial charge is 0.308 e. The Morgan fingerprint density at radius 1 is 1.05 bits per heavy atom. The molecule has 6 nitrogen and oxygen atoms in total. The van der Waals surface area contributed by atoms with Crippen molar-refractivity contribution in [3.63, 3.8) is 0 Å². The van der Waals surface area contributed by atoms with Crippen LogP contribution >= 0.6 is 0 Å². The third-order valence-electron chi connectivity index (χ3n) is 3.77. The van der Waals surface area contributed by atoms with Crippen molar-refractivity contribution in [3.05, 3.63) is 0 Å². The molecule has 0 bridgehead atoms. The number of ether oxygens (including phenoxy) is 2. The molecule has 0 aromatic carbocycles. The normalized spacial score (nSPS) is 16.7. The molecule has 0 unspecified atom stereocenters. The Labute approximate surface area is 124 Å². The van der Waals surface area contributed by atoms with E-state index in [0.29, 0.717) is 0 Å². The molecular weight excluding hydrogens is 276 g/mol. The quantitative estimate of drug-likeness (QED) is 0.545. The van der Waals surface area contributed by atoms with E-state index in [-0.39, 0.29) is 37.9 Å². The van der Waals surface area contributed by atoms with Crippen LogP contribution in [0.25, 0.3) is 0 Å². The molecule has 1 aliphatic rings. The maximum Gasteiger partial charge on any atom is 0.308 e. The monoisotopic (exact) mass is 300 g/mol. The number of esters is 2. The molecule has 0 atom stereocenters. The van der Waals surface area contributed by atoms with E-state index in [0.717, 1.165) is 25.7 Å². The maximum atomic E-state index is 11.8. The molecule has 1 fully saturated rings. The molecular formula is C15H24O6. The van der Waals surface area contributed by atoms with E-state index in [9.17, 15) is 14.4 Å². The first-order valence-corrected chi connectivity index (χ1v) is 7.39. The summed E-state index contributed by atoms with van der Waals surface area (Å²) in [5, 5.41) is 8.97. The van der Waals surface area contributed by atoms with Gasteiger partial charge in [0.25, 0.3) is 0 Å². The van der Waals surface area contributed by atoms with Gasteiger partial charge in [-0.1, -0.05) is 26.7 Å². The lowest BCUT2D eigenvalue weighted by Gasteiger charge is -2.25. The lowest BCUT2D eigenvalue weighted by atomic mass is 9.79. The summed E-state index contributed by atoms with van der Waals surface area (Å²) >= 11 is 0. The minimum atomic E-state index is -0.879. The molecule has 1 aliphatic carbocycles. The third-order valence-corrected chi connectivity index (χ3v) is 3.77. The van der Waals surface area contributed by atoms with Crippen LogP contribution in [0.4, 0.5) is 0 Å². The summed E-state index contributed by atoms with van der Waals surface area (Å²) in [6.45, 7) is 3.50. The van der Waals surface area contributed by atoms with Crippen LogP contribution in [0, 0.1) is 11.3 Å². The zero-order chi connectivity index (χ0) is 15.9. The van der Waals surface area contributed by atoms with Gasteiger partial charge in [-0.2, -0.15) is 0 Å². The maximum absolute atomic E-state index is 11.8. The van der Waals surface area contributed by atoms with E-state index < -0.39 is 17.4 Å². The lowest BCUT2D eigenvalue weighted by Crippen LogP contribution is -2.26. The van der Waals surface area contributed by atoms with Crippen molar-refractivity contribution in [3.8, 4) is 0 Å². The molecule has 120 valence electrons. The van der Waals surface area contributed by atoms with E-state index >= 15 is 0 Å². The van der Waals surface area contributed by atoms with Crippen LogP contribution in [-0.4, -0.2) is 36.2 Å². The van der Waals surface area contributed by atoms with Gasteiger partial charge < -0.3 is 14.6 Å². The van der Waals surface area contributed by atoms with Gasteiger partial charge in [0.1, 0.15) is 13.2 Å². The number of hydrogen-bond donors (Lipinski definition) is 1. The molecule has 21 heavy (non-hydrogen) atoms. The van der Waals surface area contributed by atoms with Crippen LogP contribution < -0.4 is 0 Å². The number of carbonyl (C=O) groups excluding carboxylic acids is 2. The summed E-state index contributed by atoms with van der Waals surface area (Å²) in [4.78, 5) is 34.0. The highest BCUT2D eigenvalue weighted by atomic mass is 16.6. The van der Waals surface area contributed by atoms with Crippen molar-refractivity contribution in [2.45, 2.75) is 52.4 Å². The summed E-state index contributed by atoms with van der Waals surface area (Å²) in [7, 11) is 0. The Kier molecular flexibility index (Phi) is 6.65. The predicted molar refractivity (Wildman–Crippen MR) is 74.5 cm³/mol. The number of hydrogen-bond acceptors (Lipinski definition) is 5. The van der Waals surface area contributed by atoms with Crippen LogP contribution in [0.5, 0.6) is 0 Å². The van der Waals surface area contributed by atoms with Crippen molar-refractivity contribution in [1.29, 1.82) is 0 Å². The Bertz CT molecular complexity index is 382. The van der Waals surface area contributed by atoms with E-state index in [2.05, 4.69) is 0 Å². The molecule has 0 aromatic heterocycles. The Morgan fingerprint density at radius 3 is 2.14 bits per heavy atom. The second-order valence-electron chi connectivity index (χ2n) is 6.00.